The van der Waals surface area contributed by atoms with Crippen molar-refractivity contribution in [2.75, 3.05) is 0 Å². The van der Waals surface area contributed by atoms with Gasteiger partial charge in [0.05, 0.1) is 23.0 Å². The maximum absolute atomic E-state index is 8.58. The first-order valence-corrected chi connectivity index (χ1v) is 5.09. The molecule has 0 atom stereocenters. The molecule has 0 aliphatic carbocycles. The van der Waals surface area contributed by atoms with Gasteiger partial charge in [-0.25, -0.2) is 4.98 Å². The fourth-order valence-electron chi connectivity index (χ4n) is 1.28. The van der Waals surface area contributed by atoms with E-state index in [0.717, 1.165) is 11.1 Å². The molecule has 0 fully saturated rings. The lowest BCUT2D eigenvalue weighted by Gasteiger charge is -1.98. The van der Waals surface area contributed by atoms with Crippen LogP contribution in [-0.4, -0.2) is 9.97 Å². The standard InChI is InChI=1S/C9H5BrClN3/c10-9-13-6-2-1-5(3-4-12)7(11)8(6)14-9/h1-2H,3H2,(H,13,14). The lowest BCUT2D eigenvalue weighted by atomic mass is 10.1. The van der Waals surface area contributed by atoms with Crippen LogP contribution in [0.25, 0.3) is 11.0 Å². The molecule has 5 heteroatoms. The molecular formula is C9H5BrClN3. The summed E-state index contributed by atoms with van der Waals surface area (Å²) in [5.41, 5.74) is 2.37. The molecule has 0 radical (unpaired) electrons. The fraction of sp³-hybridized carbons (Fsp3) is 0.111. The van der Waals surface area contributed by atoms with Gasteiger partial charge in [-0.1, -0.05) is 17.7 Å². The van der Waals surface area contributed by atoms with Crippen LogP contribution in [-0.2, 0) is 6.42 Å². The quantitative estimate of drug-likeness (QED) is 0.866. The number of nitrogens with zero attached hydrogens (tertiary/aromatic N) is 2. The molecule has 0 amide bonds. The SMILES string of the molecule is N#CCc1ccc2[nH]c(Br)nc2c1Cl. The minimum atomic E-state index is 0.305. The van der Waals surface area contributed by atoms with Gasteiger partial charge in [-0.2, -0.15) is 5.26 Å². The summed E-state index contributed by atoms with van der Waals surface area (Å²) in [4.78, 5) is 7.18. The van der Waals surface area contributed by atoms with E-state index in [1.54, 1.807) is 0 Å². The van der Waals surface area contributed by atoms with Crippen molar-refractivity contribution in [2.45, 2.75) is 6.42 Å². The molecule has 2 aromatic rings. The molecule has 0 aliphatic rings. The maximum Gasteiger partial charge on any atom is 0.175 e. The molecule has 0 unspecified atom stereocenters. The van der Waals surface area contributed by atoms with E-state index in [1.165, 1.54) is 0 Å². The Morgan fingerprint density at radius 3 is 3.07 bits per heavy atom. The van der Waals surface area contributed by atoms with Gasteiger partial charge in [-0.05, 0) is 27.6 Å². The Morgan fingerprint density at radius 1 is 1.57 bits per heavy atom. The zero-order valence-electron chi connectivity index (χ0n) is 7.01. The number of hydrogen-bond acceptors (Lipinski definition) is 2. The van der Waals surface area contributed by atoms with Crippen molar-refractivity contribution >= 4 is 38.6 Å². The van der Waals surface area contributed by atoms with Gasteiger partial charge in [0.25, 0.3) is 0 Å². The van der Waals surface area contributed by atoms with Gasteiger partial charge in [0.2, 0.25) is 0 Å². The summed E-state index contributed by atoms with van der Waals surface area (Å²) in [7, 11) is 0. The number of H-pyrrole nitrogens is 1. The average Bonchev–Trinajstić information content (AvgIpc) is 2.52. The van der Waals surface area contributed by atoms with Crippen molar-refractivity contribution in [1.29, 1.82) is 5.26 Å². The Balaban J connectivity index is 2.69. The van der Waals surface area contributed by atoms with E-state index < -0.39 is 0 Å². The normalized spacial score (nSPS) is 10.4. The van der Waals surface area contributed by atoms with Gasteiger partial charge in [0, 0.05) is 0 Å². The van der Waals surface area contributed by atoms with Crippen molar-refractivity contribution in [3.05, 3.63) is 27.5 Å². The van der Waals surface area contributed by atoms with E-state index in [4.69, 9.17) is 16.9 Å². The van der Waals surface area contributed by atoms with E-state index in [-0.39, 0.29) is 0 Å². The van der Waals surface area contributed by atoms with E-state index in [0.29, 0.717) is 21.7 Å². The second-order valence-corrected chi connectivity index (χ2v) is 3.93. The molecule has 0 saturated carbocycles. The zero-order valence-corrected chi connectivity index (χ0v) is 9.35. The fourth-order valence-corrected chi connectivity index (χ4v) is 1.94. The van der Waals surface area contributed by atoms with Gasteiger partial charge in [0.15, 0.2) is 4.73 Å². The first-order chi connectivity index (χ1) is 6.72. The summed E-state index contributed by atoms with van der Waals surface area (Å²) >= 11 is 9.31. The molecule has 1 heterocycles. The van der Waals surface area contributed by atoms with Crippen LogP contribution in [0.2, 0.25) is 5.02 Å². The lowest BCUT2D eigenvalue weighted by Crippen LogP contribution is -1.84. The van der Waals surface area contributed by atoms with E-state index in [9.17, 15) is 0 Å². The highest BCUT2D eigenvalue weighted by molar-refractivity contribution is 9.10. The topological polar surface area (TPSA) is 52.5 Å². The average molecular weight is 271 g/mol. The largest absolute Gasteiger partial charge is 0.332 e. The Hall–Kier alpha value is -1.05. The van der Waals surface area contributed by atoms with E-state index >= 15 is 0 Å². The highest BCUT2D eigenvalue weighted by atomic mass is 79.9. The van der Waals surface area contributed by atoms with Crippen molar-refractivity contribution < 1.29 is 0 Å². The third-order valence-corrected chi connectivity index (χ3v) is 2.71. The smallest absolute Gasteiger partial charge is 0.175 e. The first kappa shape index (κ1) is 9.50. The number of aromatic nitrogens is 2. The lowest BCUT2D eigenvalue weighted by molar-refractivity contribution is 1.26. The van der Waals surface area contributed by atoms with Crippen molar-refractivity contribution in [3.63, 3.8) is 0 Å². The summed E-state index contributed by atoms with van der Waals surface area (Å²) in [6.45, 7) is 0. The molecule has 3 nitrogen and oxygen atoms in total. The third-order valence-electron chi connectivity index (χ3n) is 1.91. The van der Waals surface area contributed by atoms with Crippen molar-refractivity contribution in [3.8, 4) is 6.07 Å². The molecule has 1 N–H and O–H groups in total. The number of nitrogens with one attached hydrogen (secondary N) is 1. The molecule has 1 aromatic heterocycles. The monoisotopic (exact) mass is 269 g/mol. The summed E-state index contributed by atoms with van der Waals surface area (Å²) < 4.78 is 0.642. The number of halogens is 2. The van der Waals surface area contributed by atoms with Crippen LogP contribution in [0.5, 0.6) is 0 Å². The van der Waals surface area contributed by atoms with Gasteiger partial charge < -0.3 is 4.98 Å². The number of benzene rings is 1. The van der Waals surface area contributed by atoms with Crippen LogP contribution in [0, 0.1) is 11.3 Å². The first-order valence-electron chi connectivity index (χ1n) is 3.92. The van der Waals surface area contributed by atoms with Gasteiger partial charge in [-0.3, -0.25) is 0 Å². The highest BCUT2D eigenvalue weighted by Crippen LogP contribution is 2.27. The van der Waals surface area contributed by atoms with Gasteiger partial charge in [-0.15, -0.1) is 0 Å². The molecule has 2 rings (SSSR count). The van der Waals surface area contributed by atoms with E-state index in [1.807, 2.05) is 12.1 Å². The second kappa shape index (κ2) is 3.60. The zero-order chi connectivity index (χ0) is 10.1. The molecule has 1 aromatic carbocycles. The molecule has 14 heavy (non-hydrogen) atoms. The van der Waals surface area contributed by atoms with Crippen LogP contribution in [0.1, 0.15) is 5.56 Å². The van der Waals surface area contributed by atoms with Crippen molar-refractivity contribution in [2.24, 2.45) is 0 Å². The van der Waals surface area contributed by atoms with Crippen LogP contribution in [0.15, 0.2) is 16.9 Å². The minimum absolute atomic E-state index is 0.305. The Morgan fingerprint density at radius 2 is 2.36 bits per heavy atom. The number of hydrogen-bond donors (Lipinski definition) is 1. The molecule has 0 aliphatic heterocycles. The Bertz CT molecular complexity index is 527. The van der Waals surface area contributed by atoms with Crippen molar-refractivity contribution in [1.82, 2.24) is 9.97 Å². The summed E-state index contributed by atoms with van der Waals surface area (Å²) in [6.07, 6.45) is 0.305. The van der Waals surface area contributed by atoms with Crippen LogP contribution < -0.4 is 0 Å². The molecule has 0 bridgehead atoms. The Kier molecular flexibility index (Phi) is 2.44. The second-order valence-electron chi connectivity index (χ2n) is 2.80. The molecule has 0 spiro atoms. The van der Waals surface area contributed by atoms with Crippen LogP contribution in [0.4, 0.5) is 0 Å². The minimum Gasteiger partial charge on any atom is -0.332 e. The number of nitriles is 1. The Labute approximate surface area is 93.8 Å². The molecule has 70 valence electrons. The van der Waals surface area contributed by atoms with E-state index in [2.05, 4.69) is 32.0 Å². The predicted molar refractivity (Wildman–Crippen MR) is 58.1 cm³/mol. The number of rotatable bonds is 1. The molecular weight excluding hydrogens is 265 g/mol. The molecule has 0 saturated heterocycles. The summed E-state index contributed by atoms with van der Waals surface area (Å²) in [5.74, 6) is 0. The predicted octanol–water partition coefficient (Wildman–Crippen LogP) is 3.04. The third kappa shape index (κ3) is 1.49. The van der Waals surface area contributed by atoms with Crippen LogP contribution in [0.3, 0.4) is 0 Å². The highest BCUT2D eigenvalue weighted by Gasteiger charge is 2.08. The number of fused-ring (bicyclic) bond motifs is 1. The van der Waals surface area contributed by atoms with Gasteiger partial charge >= 0.3 is 0 Å². The van der Waals surface area contributed by atoms with Crippen LogP contribution >= 0.6 is 27.5 Å². The maximum atomic E-state index is 8.58. The van der Waals surface area contributed by atoms with Gasteiger partial charge in [0.1, 0.15) is 5.52 Å². The summed E-state index contributed by atoms with van der Waals surface area (Å²) in [5, 5.41) is 9.12. The number of aromatic amines is 1. The summed E-state index contributed by atoms with van der Waals surface area (Å²) in [6, 6.07) is 5.76. The number of imidazole rings is 1.